The van der Waals surface area contributed by atoms with Crippen LogP contribution in [0.15, 0.2) is 15.2 Å². The summed E-state index contributed by atoms with van der Waals surface area (Å²) in [5.74, 6) is 0.107. The monoisotopic (exact) mass is 288 g/mol. The van der Waals surface area contributed by atoms with Gasteiger partial charge in [0.25, 0.3) is 0 Å². The minimum absolute atomic E-state index is 0.107. The lowest BCUT2D eigenvalue weighted by Crippen LogP contribution is -2.41. The van der Waals surface area contributed by atoms with E-state index in [1.807, 2.05) is 17.7 Å². The van der Waals surface area contributed by atoms with Crippen molar-refractivity contribution in [3.63, 3.8) is 0 Å². The Hall–Kier alpha value is -0.190. The lowest BCUT2D eigenvalue weighted by molar-refractivity contribution is -0.0426. The summed E-state index contributed by atoms with van der Waals surface area (Å²) in [6.07, 6.45) is 2.96. The zero-order valence-corrected chi connectivity index (χ0v) is 11.0. The van der Waals surface area contributed by atoms with E-state index in [1.165, 1.54) is 11.3 Å². The molecule has 1 aliphatic heterocycles. The largest absolute Gasteiger partial charge is 0.367 e. The molecule has 1 atom stereocenters. The van der Waals surface area contributed by atoms with Crippen molar-refractivity contribution in [2.45, 2.75) is 31.8 Å². The second-order valence-electron chi connectivity index (χ2n) is 4.00. The molecular weight excluding hydrogens is 276 g/mol. The fourth-order valence-electron chi connectivity index (χ4n) is 1.84. The van der Waals surface area contributed by atoms with Crippen molar-refractivity contribution in [3.05, 3.63) is 20.8 Å². The van der Waals surface area contributed by atoms with Crippen LogP contribution >= 0.6 is 27.3 Å². The Bertz CT molecular complexity index is 366. The summed E-state index contributed by atoms with van der Waals surface area (Å²) in [6, 6.07) is 0. The topological polar surface area (TPSA) is 26.3 Å². The SMILES string of the molecule is CC1(C(=O)c2cscc2Br)CCCCO1. The van der Waals surface area contributed by atoms with Gasteiger partial charge in [-0.2, -0.15) is 11.3 Å². The number of halogens is 1. The van der Waals surface area contributed by atoms with Crippen molar-refractivity contribution in [1.29, 1.82) is 0 Å². The van der Waals surface area contributed by atoms with E-state index in [1.54, 1.807) is 0 Å². The van der Waals surface area contributed by atoms with Gasteiger partial charge in [0, 0.05) is 27.4 Å². The zero-order chi connectivity index (χ0) is 10.9. The van der Waals surface area contributed by atoms with E-state index in [-0.39, 0.29) is 5.78 Å². The van der Waals surface area contributed by atoms with Gasteiger partial charge in [0.2, 0.25) is 0 Å². The molecule has 0 bridgehead atoms. The van der Waals surface area contributed by atoms with E-state index in [0.29, 0.717) is 6.61 Å². The maximum Gasteiger partial charge on any atom is 0.196 e. The Balaban J connectivity index is 2.23. The van der Waals surface area contributed by atoms with Crippen molar-refractivity contribution in [2.75, 3.05) is 6.61 Å². The molecule has 0 radical (unpaired) electrons. The van der Waals surface area contributed by atoms with Crippen molar-refractivity contribution in [1.82, 2.24) is 0 Å². The van der Waals surface area contributed by atoms with Crippen molar-refractivity contribution >= 4 is 33.0 Å². The summed E-state index contributed by atoms with van der Waals surface area (Å²) in [7, 11) is 0. The van der Waals surface area contributed by atoms with Gasteiger partial charge in [-0.3, -0.25) is 4.79 Å². The minimum Gasteiger partial charge on any atom is -0.367 e. The Labute approximate surface area is 102 Å². The molecule has 15 heavy (non-hydrogen) atoms. The molecule has 2 nitrogen and oxygen atoms in total. The highest BCUT2D eigenvalue weighted by Gasteiger charge is 2.37. The first-order chi connectivity index (χ1) is 7.13. The fourth-order valence-corrected chi connectivity index (χ4v) is 3.30. The molecule has 2 rings (SSSR count). The molecule has 82 valence electrons. The first-order valence-corrected chi connectivity index (χ1v) is 6.77. The van der Waals surface area contributed by atoms with Gasteiger partial charge in [-0.25, -0.2) is 0 Å². The zero-order valence-electron chi connectivity index (χ0n) is 8.59. The molecule has 4 heteroatoms. The molecule has 0 amide bonds. The summed E-state index contributed by atoms with van der Waals surface area (Å²) < 4.78 is 6.52. The number of rotatable bonds is 2. The van der Waals surface area contributed by atoms with Gasteiger partial charge in [-0.15, -0.1) is 0 Å². The number of ether oxygens (including phenoxy) is 1. The van der Waals surface area contributed by atoms with Gasteiger partial charge in [0.1, 0.15) is 5.60 Å². The van der Waals surface area contributed by atoms with Crippen molar-refractivity contribution in [3.8, 4) is 0 Å². The molecule has 0 aliphatic carbocycles. The first kappa shape index (κ1) is 11.3. The predicted octanol–water partition coefficient (Wildman–Crippen LogP) is 3.65. The number of ketones is 1. The molecule has 0 spiro atoms. The first-order valence-electron chi connectivity index (χ1n) is 5.04. The van der Waals surface area contributed by atoms with Crippen LogP contribution in [0, 0.1) is 0 Å². The fraction of sp³-hybridized carbons (Fsp3) is 0.545. The van der Waals surface area contributed by atoms with Crippen LogP contribution in [0.25, 0.3) is 0 Å². The smallest absolute Gasteiger partial charge is 0.196 e. The number of hydrogen-bond acceptors (Lipinski definition) is 3. The minimum atomic E-state index is -0.609. The molecule has 1 aromatic rings. The van der Waals surface area contributed by atoms with Gasteiger partial charge in [-0.05, 0) is 42.1 Å². The molecule has 1 aliphatic rings. The molecule has 1 unspecified atom stereocenters. The van der Waals surface area contributed by atoms with Crippen LogP contribution < -0.4 is 0 Å². The Kier molecular flexibility index (Phi) is 3.28. The highest BCUT2D eigenvalue weighted by Crippen LogP contribution is 2.32. The highest BCUT2D eigenvalue weighted by molar-refractivity contribution is 9.10. The second kappa shape index (κ2) is 4.36. The summed E-state index contributed by atoms with van der Waals surface area (Å²) in [4.78, 5) is 12.3. The van der Waals surface area contributed by atoms with E-state index in [2.05, 4.69) is 15.9 Å². The molecule has 0 N–H and O–H groups in total. The molecule has 1 fully saturated rings. The normalized spacial score (nSPS) is 26.5. The van der Waals surface area contributed by atoms with E-state index in [0.717, 1.165) is 29.3 Å². The Morgan fingerprint density at radius 2 is 2.33 bits per heavy atom. The lowest BCUT2D eigenvalue weighted by Gasteiger charge is -2.32. The Morgan fingerprint density at radius 1 is 1.53 bits per heavy atom. The van der Waals surface area contributed by atoms with Crippen molar-refractivity contribution in [2.24, 2.45) is 0 Å². The van der Waals surface area contributed by atoms with E-state index in [4.69, 9.17) is 4.74 Å². The molecule has 1 aromatic heterocycles. The van der Waals surface area contributed by atoms with Gasteiger partial charge in [0.15, 0.2) is 5.78 Å². The van der Waals surface area contributed by atoms with E-state index >= 15 is 0 Å². The number of carbonyl (C=O) groups excluding carboxylic acids is 1. The molecular formula is C11H13BrO2S. The molecule has 0 saturated carbocycles. The standard InChI is InChI=1S/C11H13BrO2S/c1-11(4-2-3-5-14-11)10(13)8-6-15-7-9(8)12/h6-7H,2-5H2,1H3. The van der Waals surface area contributed by atoms with Crippen LogP contribution in [0.3, 0.4) is 0 Å². The maximum absolute atomic E-state index is 12.3. The van der Waals surface area contributed by atoms with Gasteiger partial charge in [0.05, 0.1) is 0 Å². The van der Waals surface area contributed by atoms with E-state index < -0.39 is 5.60 Å². The van der Waals surface area contributed by atoms with Crippen molar-refractivity contribution < 1.29 is 9.53 Å². The molecule has 0 aromatic carbocycles. The number of hydrogen-bond donors (Lipinski definition) is 0. The summed E-state index contributed by atoms with van der Waals surface area (Å²) >= 11 is 4.93. The van der Waals surface area contributed by atoms with Gasteiger partial charge < -0.3 is 4.74 Å². The van der Waals surface area contributed by atoms with Crippen LogP contribution in [0.4, 0.5) is 0 Å². The van der Waals surface area contributed by atoms with Gasteiger partial charge >= 0.3 is 0 Å². The maximum atomic E-state index is 12.3. The summed E-state index contributed by atoms with van der Waals surface area (Å²) in [5, 5.41) is 3.81. The molecule has 1 saturated heterocycles. The van der Waals surface area contributed by atoms with Crippen LogP contribution in [0.1, 0.15) is 36.5 Å². The number of thiophene rings is 1. The van der Waals surface area contributed by atoms with Crippen LogP contribution in [-0.2, 0) is 4.74 Å². The third kappa shape index (κ3) is 2.17. The third-order valence-electron chi connectivity index (χ3n) is 2.81. The van der Waals surface area contributed by atoms with Crippen LogP contribution in [0.2, 0.25) is 0 Å². The number of carbonyl (C=O) groups is 1. The Morgan fingerprint density at radius 3 is 2.87 bits per heavy atom. The van der Waals surface area contributed by atoms with Crippen LogP contribution in [-0.4, -0.2) is 18.0 Å². The average molecular weight is 289 g/mol. The van der Waals surface area contributed by atoms with Crippen LogP contribution in [0.5, 0.6) is 0 Å². The summed E-state index contributed by atoms with van der Waals surface area (Å²) in [5.41, 5.74) is 0.145. The van der Waals surface area contributed by atoms with Gasteiger partial charge in [-0.1, -0.05) is 0 Å². The molecule has 2 heterocycles. The van der Waals surface area contributed by atoms with E-state index in [9.17, 15) is 4.79 Å². The third-order valence-corrected chi connectivity index (χ3v) is 4.51. The lowest BCUT2D eigenvalue weighted by atomic mass is 9.89. The highest BCUT2D eigenvalue weighted by atomic mass is 79.9. The second-order valence-corrected chi connectivity index (χ2v) is 5.60. The predicted molar refractivity (Wildman–Crippen MR) is 64.6 cm³/mol. The summed E-state index contributed by atoms with van der Waals surface area (Å²) in [6.45, 7) is 2.60. The quantitative estimate of drug-likeness (QED) is 0.777. The number of Topliss-reactive ketones (excluding diaryl/α,β-unsaturated/α-hetero) is 1. The average Bonchev–Trinajstić information content (AvgIpc) is 2.64.